The molecule has 2 aromatic rings. The van der Waals surface area contributed by atoms with Gasteiger partial charge in [0.2, 0.25) is 0 Å². The van der Waals surface area contributed by atoms with Crippen LogP contribution in [-0.4, -0.2) is 12.8 Å². The van der Waals surface area contributed by atoms with Crippen LogP contribution in [0.4, 0.5) is 0 Å². The standard InChI is InChI=1S/C11H11NO2/c13-6-5-12-8-10-7-9-3-1-2-4-11(9)14-10/h1-4,6-7,12H,5,8H2. The highest BCUT2D eigenvalue weighted by Crippen LogP contribution is 2.18. The molecule has 1 aromatic heterocycles. The van der Waals surface area contributed by atoms with Crippen LogP contribution >= 0.6 is 0 Å². The second kappa shape index (κ2) is 4.07. The SMILES string of the molecule is O=CCNCc1cc2ccccc2o1. The highest BCUT2D eigenvalue weighted by atomic mass is 16.3. The van der Waals surface area contributed by atoms with Crippen LogP contribution in [0.15, 0.2) is 34.7 Å². The van der Waals surface area contributed by atoms with Gasteiger partial charge < -0.3 is 14.5 Å². The summed E-state index contributed by atoms with van der Waals surface area (Å²) < 4.78 is 5.54. The number of fused-ring (bicyclic) bond motifs is 1. The summed E-state index contributed by atoms with van der Waals surface area (Å²) in [5.74, 6) is 0.855. The van der Waals surface area contributed by atoms with Crippen LogP contribution in [0.3, 0.4) is 0 Å². The van der Waals surface area contributed by atoms with Crippen LogP contribution in [0.25, 0.3) is 11.0 Å². The van der Waals surface area contributed by atoms with Gasteiger partial charge in [-0.1, -0.05) is 18.2 Å². The first kappa shape index (κ1) is 8.97. The summed E-state index contributed by atoms with van der Waals surface area (Å²) in [4.78, 5) is 10.1. The maximum atomic E-state index is 10.1. The van der Waals surface area contributed by atoms with Gasteiger partial charge >= 0.3 is 0 Å². The van der Waals surface area contributed by atoms with E-state index in [1.54, 1.807) is 0 Å². The number of hydrogen-bond donors (Lipinski definition) is 1. The predicted molar refractivity (Wildman–Crippen MR) is 54.0 cm³/mol. The molecule has 3 nitrogen and oxygen atoms in total. The Hall–Kier alpha value is -1.61. The zero-order chi connectivity index (χ0) is 9.80. The van der Waals surface area contributed by atoms with E-state index in [0.29, 0.717) is 13.1 Å². The first-order chi connectivity index (χ1) is 6.90. The molecule has 0 bridgehead atoms. The fraction of sp³-hybridized carbons (Fsp3) is 0.182. The maximum absolute atomic E-state index is 10.1. The summed E-state index contributed by atoms with van der Waals surface area (Å²) in [5, 5.41) is 4.04. The van der Waals surface area contributed by atoms with Crippen molar-refractivity contribution in [1.82, 2.24) is 5.32 Å². The number of aldehydes is 1. The van der Waals surface area contributed by atoms with Gasteiger partial charge in [0, 0.05) is 5.39 Å². The van der Waals surface area contributed by atoms with Crippen molar-refractivity contribution in [1.29, 1.82) is 0 Å². The molecule has 0 atom stereocenters. The molecule has 72 valence electrons. The smallest absolute Gasteiger partial charge is 0.134 e. The molecule has 14 heavy (non-hydrogen) atoms. The Morgan fingerprint density at radius 3 is 3.00 bits per heavy atom. The second-order valence-electron chi connectivity index (χ2n) is 3.05. The van der Waals surface area contributed by atoms with Crippen LogP contribution in [-0.2, 0) is 11.3 Å². The van der Waals surface area contributed by atoms with Gasteiger partial charge in [-0.2, -0.15) is 0 Å². The molecule has 0 spiro atoms. The normalized spacial score (nSPS) is 10.6. The van der Waals surface area contributed by atoms with Gasteiger partial charge in [0.25, 0.3) is 0 Å². The molecule has 0 fully saturated rings. The van der Waals surface area contributed by atoms with Crippen molar-refractivity contribution in [3.05, 3.63) is 36.1 Å². The summed E-state index contributed by atoms with van der Waals surface area (Å²) in [6.07, 6.45) is 0.836. The van der Waals surface area contributed by atoms with Crippen LogP contribution in [0.1, 0.15) is 5.76 Å². The highest BCUT2D eigenvalue weighted by Gasteiger charge is 2.01. The zero-order valence-electron chi connectivity index (χ0n) is 7.69. The number of para-hydroxylation sites is 1. The molecule has 1 aromatic carbocycles. The second-order valence-corrected chi connectivity index (χ2v) is 3.05. The van der Waals surface area contributed by atoms with Crippen LogP contribution in [0.2, 0.25) is 0 Å². The molecule has 0 saturated carbocycles. The van der Waals surface area contributed by atoms with Gasteiger partial charge in [-0.15, -0.1) is 0 Å². The van der Waals surface area contributed by atoms with Crippen LogP contribution < -0.4 is 5.32 Å². The van der Waals surface area contributed by atoms with E-state index < -0.39 is 0 Å². The Balaban J connectivity index is 2.14. The lowest BCUT2D eigenvalue weighted by atomic mass is 10.2. The summed E-state index contributed by atoms with van der Waals surface area (Å²) in [5.41, 5.74) is 0.885. The number of nitrogens with one attached hydrogen (secondary N) is 1. The summed E-state index contributed by atoms with van der Waals surface area (Å²) in [7, 11) is 0. The summed E-state index contributed by atoms with van der Waals surface area (Å²) in [6.45, 7) is 0.949. The van der Waals surface area contributed by atoms with Gasteiger partial charge in [-0.3, -0.25) is 0 Å². The van der Waals surface area contributed by atoms with E-state index >= 15 is 0 Å². The Kier molecular flexibility index (Phi) is 2.60. The molecule has 1 N–H and O–H groups in total. The number of rotatable bonds is 4. The Morgan fingerprint density at radius 2 is 2.21 bits per heavy atom. The third kappa shape index (κ3) is 1.83. The quantitative estimate of drug-likeness (QED) is 0.588. The molecule has 1 heterocycles. The fourth-order valence-electron chi connectivity index (χ4n) is 1.38. The van der Waals surface area contributed by atoms with Gasteiger partial charge in [0.15, 0.2) is 0 Å². The third-order valence-corrected chi connectivity index (χ3v) is 2.00. The first-order valence-corrected chi connectivity index (χ1v) is 4.52. The van der Waals surface area contributed by atoms with Gasteiger partial charge in [-0.25, -0.2) is 0 Å². The van der Waals surface area contributed by atoms with Crippen molar-refractivity contribution in [3.8, 4) is 0 Å². The van der Waals surface area contributed by atoms with Gasteiger partial charge in [-0.05, 0) is 12.1 Å². The highest BCUT2D eigenvalue weighted by molar-refractivity contribution is 5.77. The molecular formula is C11H11NO2. The van der Waals surface area contributed by atoms with Crippen LogP contribution in [0.5, 0.6) is 0 Å². The van der Waals surface area contributed by atoms with E-state index in [9.17, 15) is 4.79 Å². The summed E-state index contributed by atoms with van der Waals surface area (Å²) >= 11 is 0. The molecule has 0 unspecified atom stereocenters. The first-order valence-electron chi connectivity index (χ1n) is 4.52. The number of carbonyl (C=O) groups is 1. The van der Waals surface area contributed by atoms with Gasteiger partial charge in [0.05, 0.1) is 13.1 Å². The molecule has 0 aliphatic heterocycles. The maximum Gasteiger partial charge on any atom is 0.134 e. The third-order valence-electron chi connectivity index (χ3n) is 2.00. The Morgan fingerprint density at radius 1 is 1.36 bits per heavy atom. The van der Waals surface area contributed by atoms with E-state index in [4.69, 9.17) is 4.42 Å². The Bertz CT molecular complexity index is 401. The van der Waals surface area contributed by atoms with Crippen molar-refractivity contribution in [2.75, 3.05) is 6.54 Å². The minimum atomic E-state index is 0.358. The summed E-state index contributed by atoms with van der Waals surface area (Å²) in [6, 6.07) is 9.82. The molecule has 0 saturated heterocycles. The molecule has 0 aliphatic carbocycles. The molecule has 0 radical (unpaired) electrons. The van der Waals surface area contributed by atoms with E-state index in [0.717, 1.165) is 23.0 Å². The minimum Gasteiger partial charge on any atom is -0.460 e. The minimum absolute atomic E-state index is 0.358. The lowest BCUT2D eigenvalue weighted by molar-refractivity contribution is -0.107. The molecule has 0 amide bonds. The van der Waals surface area contributed by atoms with E-state index in [1.807, 2.05) is 30.3 Å². The van der Waals surface area contributed by atoms with Crippen molar-refractivity contribution >= 4 is 17.3 Å². The Labute approximate surface area is 81.7 Å². The topological polar surface area (TPSA) is 42.2 Å². The predicted octanol–water partition coefficient (Wildman–Crippen LogP) is 1.72. The van der Waals surface area contributed by atoms with Crippen molar-refractivity contribution < 1.29 is 9.21 Å². The number of carbonyl (C=O) groups excluding carboxylic acids is 1. The molecule has 0 aliphatic rings. The molecule has 3 heteroatoms. The van der Waals surface area contributed by atoms with E-state index in [-0.39, 0.29) is 0 Å². The molecular weight excluding hydrogens is 178 g/mol. The average molecular weight is 189 g/mol. The fourth-order valence-corrected chi connectivity index (χ4v) is 1.38. The van der Waals surface area contributed by atoms with E-state index in [2.05, 4.69) is 5.32 Å². The van der Waals surface area contributed by atoms with Gasteiger partial charge in [0.1, 0.15) is 17.6 Å². The van der Waals surface area contributed by atoms with Crippen molar-refractivity contribution in [2.45, 2.75) is 6.54 Å². The number of furan rings is 1. The number of hydrogen-bond acceptors (Lipinski definition) is 3. The largest absolute Gasteiger partial charge is 0.460 e. The van der Waals surface area contributed by atoms with Crippen molar-refractivity contribution in [3.63, 3.8) is 0 Å². The molecule has 2 rings (SSSR count). The lowest BCUT2D eigenvalue weighted by Gasteiger charge is -1.94. The van der Waals surface area contributed by atoms with Crippen LogP contribution in [0, 0.1) is 0 Å². The van der Waals surface area contributed by atoms with Crippen molar-refractivity contribution in [2.24, 2.45) is 0 Å². The zero-order valence-corrected chi connectivity index (χ0v) is 7.69. The lowest BCUT2D eigenvalue weighted by Crippen LogP contribution is -2.14. The van der Waals surface area contributed by atoms with E-state index in [1.165, 1.54) is 0 Å². The average Bonchev–Trinajstić information content (AvgIpc) is 2.60. The number of benzene rings is 1. The monoisotopic (exact) mass is 189 g/mol.